The summed E-state index contributed by atoms with van der Waals surface area (Å²) in [5.41, 5.74) is 2.70. The minimum atomic E-state index is 0. The van der Waals surface area contributed by atoms with Gasteiger partial charge in [0, 0.05) is 43.9 Å². The second-order valence-electron chi connectivity index (χ2n) is 6.48. The summed E-state index contributed by atoms with van der Waals surface area (Å²) in [6.07, 6.45) is 3.21. The van der Waals surface area contributed by atoms with E-state index in [1.807, 2.05) is 12.1 Å². The molecule has 0 bridgehead atoms. The van der Waals surface area contributed by atoms with Crippen molar-refractivity contribution in [2.24, 2.45) is 0 Å². The molecule has 0 unspecified atom stereocenters. The van der Waals surface area contributed by atoms with Gasteiger partial charge in [0.25, 0.3) is 0 Å². The Morgan fingerprint density at radius 3 is 2.52 bits per heavy atom. The van der Waals surface area contributed by atoms with Gasteiger partial charge in [-0.15, -0.1) is 12.4 Å². The van der Waals surface area contributed by atoms with Crippen molar-refractivity contribution in [1.29, 1.82) is 0 Å². The van der Waals surface area contributed by atoms with Gasteiger partial charge in [0.2, 0.25) is 0 Å². The number of piperidine rings is 1. The number of halogens is 2. The van der Waals surface area contributed by atoms with Crippen molar-refractivity contribution < 1.29 is 4.74 Å². The van der Waals surface area contributed by atoms with E-state index < -0.39 is 0 Å². The lowest BCUT2D eigenvalue weighted by Crippen LogP contribution is -2.46. The molecule has 2 heterocycles. The number of nitrogens with zero attached hydrogens (tertiary/aromatic N) is 1. The highest BCUT2D eigenvalue weighted by atomic mass is 35.5. The number of benzene rings is 2. The van der Waals surface area contributed by atoms with Gasteiger partial charge in [0.15, 0.2) is 0 Å². The fourth-order valence-corrected chi connectivity index (χ4v) is 3.79. The highest BCUT2D eigenvalue weighted by Gasteiger charge is 2.41. The summed E-state index contributed by atoms with van der Waals surface area (Å²) in [6, 6.07) is 16.7. The Bertz CT molecular complexity index is 666. The molecule has 2 aromatic rings. The average molecular weight is 350 g/mol. The van der Waals surface area contributed by atoms with Crippen LogP contribution in [0.15, 0.2) is 48.5 Å². The predicted molar refractivity (Wildman–Crippen MR) is 96.7 cm³/mol. The second kappa shape index (κ2) is 6.72. The van der Waals surface area contributed by atoms with Crippen LogP contribution in [-0.2, 0) is 13.0 Å². The van der Waals surface area contributed by atoms with E-state index in [0.29, 0.717) is 0 Å². The van der Waals surface area contributed by atoms with Crippen molar-refractivity contribution in [1.82, 2.24) is 4.90 Å². The molecule has 23 heavy (non-hydrogen) atoms. The van der Waals surface area contributed by atoms with Crippen LogP contribution in [0.4, 0.5) is 0 Å². The van der Waals surface area contributed by atoms with Crippen molar-refractivity contribution in [3.05, 3.63) is 64.7 Å². The first kappa shape index (κ1) is 16.6. The van der Waals surface area contributed by atoms with Crippen molar-refractivity contribution in [2.45, 2.75) is 31.4 Å². The summed E-state index contributed by atoms with van der Waals surface area (Å²) in [5, 5.41) is 0.761. The Balaban J connectivity index is 0.00000156. The second-order valence-corrected chi connectivity index (χ2v) is 6.91. The average Bonchev–Trinajstić information content (AvgIpc) is 2.88. The van der Waals surface area contributed by atoms with Gasteiger partial charge in [0.05, 0.1) is 0 Å². The number of rotatable bonds is 2. The molecule has 1 saturated heterocycles. The highest BCUT2D eigenvalue weighted by Crippen LogP contribution is 2.42. The molecule has 2 aliphatic rings. The maximum absolute atomic E-state index is 6.30. The summed E-state index contributed by atoms with van der Waals surface area (Å²) in [6.45, 7) is 3.23. The summed E-state index contributed by atoms with van der Waals surface area (Å²) < 4.78 is 6.30. The summed E-state index contributed by atoms with van der Waals surface area (Å²) in [4.78, 5) is 2.53. The van der Waals surface area contributed by atoms with E-state index >= 15 is 0 Å². The van der Waals surface area contributed by atoms with E-state index in [9.17, 15) is 0 Å². The molecule has 2 nitrogen and oxygen atoms in total. The highest BCUT2D eigenvalue weighted by molar-refractivity contribution is 6.30. The molecule has 2 aliphatic heterocycles. The topological polar surface area (TPSA) is 12.5 Å². The van der Waals surface area contributed by atoms with Gasteiger partial charge in [-0.2, -0.15) is 0 Å². The molecule has 4 heteroatoms. The zero-order valence-electron chi connectivity index (χ0n) is 13.0. The Kier molecular flexibility index (Phi) is 4.86. The number of hydrogen-bond donors (Lipinski definition) is 0. The van der Waals surface area contributed by atoms with Gasteiger partial charge < -0.3 is 4.74 Å². The summed E-state index contributed by atoms with van der Waals surface area (Å²) >= 11 is 6.08. The van der Waals surface area contributed by atoms with Crippen LogP contribution in [-0.4, -0.2) is 23.6 Å². The number of ether oxygens (including phenoxy) is 1. The third-order valence-corrected chi connectivity index (χ3v) is 5.12. The van der Waals surface area contributed by atoms with Gasteiger partial charge in [-0.3, -0.25) is 4.90 Å². The van der Waals surface area contributed by atoms with Gasteiger partial charge in [-0.05, 0) is 23.3 Å². The first-order valence-electron chi connectivity index (χ1n) is 7.96. The lowest BCUT2D eigenvalue weighted by Gasteiger charge is -2.38. The van der Waals surface area contributed by atoms with Crippen LogP contribution < -0.4 is 4.74 Å². The molecule has 0 amide bonds. The lowest BCUT2D eigenvalue weighted by molar-refractivity contribution is 0.0170. The Labute approximate surface area is 148 Å². The normalized spacial score (nSPS) is 19.0. The predicted octanol–water partition coefficient (Wildman–Crippen LogP) is 4.73. The van der Waals surface area contributed by atoms with Crippen LogP contribution in [0.25, 0.3) is 0 Å². The standard InChI is InChI=1S/C19H20ClNO.ClH/c20-17-7-6-16-13-19(22-18(16)12-17)8-10-21(11-9-19)14-15-4-2-1-3-5-15;/h1-7,12H,8-11,13-14H2;1H. The molecule has 0 aromatic heterocycles. The molecule has 122 valence electrons. The van der Waals surface area contributed by atoms with Gasteiger partial charge in [-0.1, -0.05) is 48.0 Å². The SMILES string of the molecule is Cl.Clc1ccc2c(c1)OC1(CCN(Cc3ccccc3)CC1)C2. The van der Waals surface area contributed by atoms with E-state index in [-0.39, 0.29) is 18.0 Å². The van der Waals surface area contributed by atoms with Crippen LogP contribution in [0.2, 0.25) is 5.02 Å². The summed E-state index contributed by atoms with van der Waals surface area (Å²) in [7, 11) is 0. The first-order chi connectivity index (χ1) is 10.7. The van der Waals surface area contributed by atoms with Crippen molar-refractivity contribution in [2.75, 3.05) is 13.1 Å². The largest absolute Gasteiger partial charge is 0.486 e. The maximum Gasteiger partial charge on any atom is 0.124 e. The van der Waals surface area contributed by atoms with Crippen LogP contribution in [0.3, 0.4) is 0 Å². The minimum absolute atomic E-state index is 0. The van der Waals surface area contributed by atoms with E-state index in [1.165, 1.54) is 11.1 Å². The maximum atomic E-state index is 6.30. The third-order valence-electron chi connectivity index (χ3n) is 4.88. The molecule has 0 radical (unpaired) electrons. The monoisotopic (exact) mass is 349 g/mol. The third kappa shape index (κ3) is 3.50. The number of likely N-dealkylation sites (tertiary alicyclic amines) is 1. The quantitative estimate of drug-likeness (QED) is 0.776. The molecule has 1 spiro atoms. The van der Waals surface area contributed by atoms with E-state index in [0.717, 1.165) is 49.7 Å². The van der Waals surface area contributed by atoms with Gasteiger partial charge in [0.1, 0.15) is 11.4 Å². The molecule has 0 N–H and O–H groups in total. The Morgan fingerprint density at radius 1 is 1.04 bits per heavy atom. The van der Waals surface area contributed by atoms with Gasteiger partial charge >= 0.3 is 0 Å². The lowest BCUT2D eigenvalue weighted by atomic mass is 9.87. The molecule has 0 aliphatic carbocycles. The summed E-state index contributed by atoms with van der Waals surface area (Å²) in [5.74, 6) is 0.990. The fraction of sp³-hybridized carbons (Fsp3) is 0.368. The number of fused-ring (bicyclic) bond motifs is 1. The van der Waals surface area contributed by atoms with Crippen LogP contribution in [0, 0.1) is 0 Å². The molecule has 0 atom stereocenters. The minimum Gasteiger partial charge on any atom is -0.486 e. The van der Waals surface area contributed by atoms with E-state index in [4.69, 9.17) is 16.3 Å². The Hall–Kier alpha value is -1.22. The molecule has 1 fully saturated rings. The molecular formula is C19H21Cl2NO. The zero-order chi connectivity index (χ0) is 15.0. The fourth-order valence-electron chi connectivity index (χ4n) is 3.62. The van der Waals surface area contributed by atoms with Crippen molar-refractivity contribution in [3.8, 4) is 5.75 Å². The number of hydrogen-bond acceptors (Lipinski definition) is 2. The van der Waals surface area contributed by atoms with Crippen molar-refractivity contribution in [3.63, 3.8) is 0 Å². The first-order valence-corrected chi connectivity index (χ1v) is 8.34. The molecule has 0 saturated carbocycles. The van der Waals surface area contributed by atoms with Crippen LogP contribution in [0.5, 0.6) is 5.75 Å². The Morgan fingerprint density at radius 2 is 1.78 bits per heavy atom. The smallest absolute Gasteiger partial charge is 0.124 e. The zero-order valence-corrected chi connectivity index (χ0v) is 14.6. The molecule has 2 aromatic carbocycles. The van der Waals surface area contributed by atoms with Crippen LogP contribution >= 0.6 is 24.0 Å². The van der Waals surface area contributed by atoms with E-state index in [1.54, 1.807) is 0 Å². The van der Waals surface area contributed by atoms with Crippen molar-refractivity contribution >= 4 is 24.0 Å². The van der Waals surface area contributed by atoms with E-state index in [2.05, 4.69) is 41.3 Å². The van der Waals surface area contributed by atoms with Gasteiger partial charge in [-0.25, -0.2) is 0 Å². The molecular weight excluding hydrogens is 329 g/mol. The molecule has 4 rings (SSSR count). The van der Waals surface area contributed by atoms with Crippen LogP contribution in [0.1, 0.15) is 24.0 Å².